The molecule has 1 unspecified atom stereocenters. The van der Waals surface area contributed by atoms with Crippen LogP contribution in [0, 0.1) is 5.92 Å². The Morgan fingerprint density at radius 3 is 2.48 bits per heavy atom. The van der Waals surface area contributed by atoms with Crippen LogP contribution in [-0.4, -0.2) is 77.0 Å². The molecule has 1 aromatic heterocycles. The van der Waals surface area contributed by atoms with E-state index < -0.39 is 0 Å². The number of tetrazole rings is 1. The molecule has 0 N–H and O–H groups in total. The Hall–Kier alpha value is -2.16. The van der Waals surface area contributed by atoms with Crippen LogP contribution in [0.1, 0.15) is 37.7 Å². The maximum Gasteiger partial charge on any atom is 0.173 e. The molecule has 0 bridgehead atoms. The Morgan fingerprint density at radius 1 is 1.13 bits per heavy atom. The first-order valence-electron chi connectivity index (χ1n) is 10.6. The van der Waals surface area contributed by atoms with Crippen LogP contribution in [0.2, 0.25) is 0 Å². The number of hydrogen-bond donors (Lipinski definition) is 0. The SMILES string of the molecule is C=CCN1CCN(C(c2cc(OC)ccc2OC)c2nnnn2CCC(C)C)CC1.Cl. The van der Waals surface area contributed by atoms with Gasteiger partial charge in [-0.2, -0.15) is 0 Å². The third kappa shape index (κ3) is 6.18. The highest BCUT2D eigenvalue weighted by Crippen LogP contribution is 2.36. The number of aromatic nitrogens is 4. The average Bonchev–Trinajstić information content (AvgIpc) is 3.22. The Labute approximate surface area is 191 Å². The van der Waals surface area contributed by atoms with Gasteiger partial charge in [0.15, 0.2) is 5.82 Å². The second-order valence-corrected chi connectivity index (χ2v) is 8.08. The number of piperazine rings is 1. The van der Waals surface area contributed by atoms with E-state index in [4.69, 9.17) is 9.47 Å². The zero-order chi connectivity index (χ0) is 21.5. The number of hydrogen-bond acceptors (Lipinski definition) is 7. The van der Waals surface area contributed by atoms with Gasteiger partial charge >= 0.3 is 0 Å². The standard InChI is InChI=1S/C22H34N6O2.ClH/c1-6-10-26-12-14-27(15-13-26)21(19-16-18(29-4)7-8-20(19)30-5)22-23-24-25-28(22)11-9-17(2)3;/h6-8,16-17,21H,1,9-15H2,2-5H3;1H. The van der Waals surface area contributed by atoms with E-state index in [1.165, 1.54) is 0 Å². The first-order chi connectivity index (χ1) is 14.6. The predicted octanol–water partition coefficient (Wildman–Crippen LogP) is 3.05. The number of benzene rings is 1. The van der Waals surface area contributed by atoms with Crippen LogP contribution in [-0.2, 0) is 6.54 Å². The summed E-state index contributed by atoms with van der Waals surface area (Å²) in [5.74, 6) is 3.03. The highest BCUT2D eigenvalue weighted by Gasteiger charge is 2.32. The monoisotopic (exact) mass is 450 g/mol. The molecule has 3 rings (SSSR count). The van der Waals surface area contributed by atoms with Crippen LogP contribution in [0.5, 0.6) is 11.5 Å². The van der Waals surface area contributed by atoms with E-state index in [-0.39, 0.29) is 18.4 Å². The minimum Gasteiger partial charge on any atom is -0.497 e. The number of nitrogens with zero attached hydrogens (tertiary/aromatic N) is 6. The molecule has 172 valence electrons. The van der Waals surface area contributed by atoms with E-state index in [2.05, 4.69) is 45.8 Å². The fourth-order valence-corrected chi connectivity index (χ4v) is 3.89. The third-order valence-electron chi connectivity index (χ3n) is 5.61. The molecule has 2 aromatic rings. The normalized spacial score (nSPS) is 16.0. The van der Waals surface area contributed by atoms with Crippen LogP contribution in [0.3, 0.4) is 0 Å². The van der Waals surface area contributed by atoms with E-state index in [1.54, 1.807) is 14.2 Å². The van der Waals surface area contributed by atoms with Crippen molar-refractivity contribution in [3.05, 3.63) is 42.2 Å². The molecule has 1 aliphatic rings. The van der Waals surface area contributed by atoms with Gasteiger partial charge in [0.25, 0.3) is 0 Å². The quantitative estimate of drug-likeness (QED) is 0.515. The minimum absolute atomic E-state index is 0. The van der Waals surface area contributed by atoms with Crippen molar-refractivity contribution < 1.29 is 9.47 Å². The summed E-state index contributed by atoms with van der Waals surface area (Å²) in [7, 11) is 3.38. The molecule has 0 amide bonds. The van der Waals surface area contributed by atoms with Gasteiger partial charge in [0.1, 0.15) is 17.5 Å². The van der Waals surface area contributed by atoms with Crippen LogP contribution < -0.4 is 9.47 Å². The van der Waals surface area contributed by atoms with Gasteiger partial charge in [-0.05, 0) is 41.0 Å². The van der Waals surface area contributed by atoms with Gasteiger partial charge in [-0.15, -0.1) is 24.1 Å². The Balaban J connectivity index is 0.00000341. The van der Waals surface area contributed by atoms with Crippen molar-refractivity contribution >= 4 is 12.4 Å². The molecule has 0 spiro atoms. The average molecular weight is 451 g/mol. The van der Waals surface area contributed by atoms with Crippen molar-refractivity contribution in [3.63, 3.8) is 0 Å². The summed E-state index contributed by atoms with van der Waals surface area (Å²) >= 11 is 0. The molecule has 1 saturated heterocycles. The van der Waals surface area contributed by atoms with Crippen LogP contribution in [0.25, 0.3) is 0 Å². The summed E-state index contributed by atoms with van der Waals surface area (Å²) in [4.78, 5) is 4.85. The first kappa shape index (κ1) is 25.1. The topological polar surface area (TPSA) is 68.5 Å². The van der Waals surface area contributed by atoms with E-state index in [0.29, 0.717) is 5.92 Å². The van der Waals surface area contributed by atoms with Gasteiger partial charge in [0.2, 0.25) is 0 Å². The summed E-state index contributed by atoms with van der Waals surface area (Å²) in [6, 6.07) is 5.81. The molecule has 2 heterocycles. The Bertz CT molecular complexity index is 820. The summed E-state index contributed by atoms with van der Waals surface area (Å²) < 4.78 is 13.2. The first-order valence-corrected chi connectivity index (χ1v) is 10.6. The summed E-state index contributed by atoms with van der Waals surface area (Å²) in [5.41, 5.74) is 1.02. The van der Waals surface area contributed by atoms with E-state index in [1.807, 2.05) is 29.0 Å². The van der Waals surface area contributed by atoms with E-state index in [0.717, 1.165) is 68.6 Å². The number of ether oxygens (including phenoxy) is 2. The van der Waals surface area contributed by atoms with Crippen LogP contribution >= 0.6 is 12.4 Å². The number of aryl methyl sites for hydroxylation is 1. The van der Waals surface area contributed by atoms with Gasteiger partial charge in [-0.25, -0.2) is 4.68 Å². The molecule has 9 heteroatoms. The number of rotatable bonds is 10. The van der Waals surface area contributed by atoms with Crippen molar-refractivity contribution in [2.45, 2.75) is 32.9 Å². The van der Waals surface area contributed by atoms with Crippen molar-refractivity contribution in [2.24, 2.45) is 5.92 Å². The second kappa shape index (κ2) is 12.0. The molecule has 0 saturated carbocycles. The zero-order valence-electron chi connectivity index (χ0n) is 19.0. The van der Waals surface area contributed by atoms with Crippen molar-refractivity contribution in [1.82, 2.24) is 30.0 Å². The highest BCUT2D eigenvalue weighted by atomic mass is 35.5. The fraction of sp³-hybridized carbons (Fsp3) is 0.591. The van der Waals surface area contributed by atoms with Gasteiger partial charge in [-0.3, -0.25) is 9.80 Å². The lowest BCUT2D eigenvalue weighted by atomic mass is 10.0. The van der Waals surface area contributed by atoms with Crippen LogP contribution in [0.4, 0.5) is 0 Å². The van der Waals surface area contributed by atoms with Crippen molar-refractivity contribution in [3.8, 4) is 11.5 Å². The summed E-state index contributed by atoms with van der Waals surface area (Å²) in [5, 5.41) is 12.8. The van der Waals surface area contributed by atoms with Crippen molar-refractivity contribution in [2.75, 3.05) is 46.9 Å². The Morgan fingerprint density at radius 2 is 1.87 bits per heavy atom. The zero-order valence-corrected chi connectivity index (χ0v) is 19.8. The number of methoxy groups -OCH3 is 2. The van der Waals surface area contributed by atoms with Crippen LogP contribution in [0.15, 0.2) is 30.9 Å². The largest absolute Gasteiger partial charge is 0.497 e. The maximum absolute atomic E-state index is 5.73. The molecule has 1 atom stereocenters. The lowest BCUT2D eigenvalue weighted by Gasteiger charge is -2.39. The third-order valence-corrected chi connectivity index (χ3v) is 5.61. The molecular formula is C22H35ClN6O2. The fourth-order valence-electron chi connectivity index (χ4n) is 3.89. The van der Waals surface area contributed by atoms with Crippen molar-refractivity contribution in [1.29, 1.82) is 0 Å². The molecule has 0 radical (unpaired) electrons. The van der Waals surface area contributed by atoms with E-state index in [9.17, 15) is 0 Å². The Kier molecular flexibility index (Phi) is 9.74. The highest BCUT2D eigenvalue weighted by molar-refractivity contribution is 5.85. The molecular weight excluding hydrogens is 416 g/mol. The minimum atomic E-state index is -0.108. The van der Waals surface area contributed by atoms with E-state index >= 15 is 0 Å². The predicted molar refractivity (Wildman–Crippen MR) is 124 cm³/mol. The molecule has 1 aliphatic heterocycles. The molecule has 0 aliphatic carbocycles. The molecule has 1 fully saturated rings. The van der Waals surface area contributed by atoms with Gasteiger partial charge < -0.3 is 9.47 Å². The summed E-state index contributed by atoms with van der Waals surface area (Å²) in [6.45, 7) is 13.8. The van der Waals surface area contributed by atoms with Gasteiger partial charge in [0.05, 0.1) is 14.2 Å². The molecule has 8 nitrogen and oxygen atoms in total. The molecule has 31 heavy (non-hydrogen) atoms. The lowest BCUT2D eigenvalue weighted by molar-refractivity contribution is 0.111. The lowest BCUT2D eigenvalue weighted by Crippen LogP contribution is -2.48. The second-order valence-electron chi connectivity index (χ2n) is 8.08. The van der Waals surface area contributed by atoms with Gasteiger partial charge in [0, 0.05) is 44.8 Å². The summed E-state index contributed by atoms with van der Waals surface area (Å²) in [6.07, 6.45) is 2.98. The smallest absolute Gasteiger partial charge is 0.173 e. The van der Waals surface area contributed by atoms with Gasteiger partial charge in [-0.1, -0.05) is 19.9 Å². The number of halogens is 1. The molecule has 1 aromatic carbocycles. The maximum atomic E-state index is 5.73.